The maximum Gasteiger partial charge on any atom is 0.167 e. The number of unbranched alkanes of at least 4 members (excludes halogenated alkanes) is 9. The van der Waals surface area contributed by atoms with Gasteiger partial charge in [0.1, 0.15) is 0 Å². The van der Waals surface area contributed by atoms with E-state index in [-0.39, 0.29) is 11.1 Å². The molecule has 0 spiro atoms. The average Bonchev–Trinajstić information content (AvgIpc) is 3.13. The first-order chi connectivity index (χ1) is 23.9. The lowest BCUT2D eigenvalue weighted by Crippen LogP contribution is -2.23. The summed E-state index contributed by atoms with van der Waals surface area (Å²) in [5.74, 6) is -1.01. The molecule has 5 rings (SSSR count). The summed E-state index contributed by atoms with van der Waals surface area (Å²) >= 11 is 0. The van der Waals surface area contributed by atoms with Crippen molar-refractivity contribution in [3.63, 3.8) is 0 Å². The first-order valence-corrected chi connectivity index (χ1v) is 19.7. The second kappa shape index (κ2) is 18.9. The molecule has 0 saturated heterocycles. The van der Waals surface area contributed by atoms with Crippen LogP contribution >= 0.6 is 0 Å². The van der Waals surface area contributed by atoms with Crippen molar-refractivity contribution < 1.29 is 17.6 Å². The van der Waals surface area contributed by atoms with Gasteiger partial charge in [0, 0.05) is 16.7 Å². The van der Waals surface area contributed by atoms with Crippen molar-refractivity contribution >= 4 is 5.57 Å². The molecule has 1 unspecified atom stereocenters. The molecule has 0 nitrogen and oxygen atoms in total. The molecule has 4 heteroatoms. The number of halogens is 4. The van der Waals surface area contributed by atoms with Gasteiger partial charge in [-0.2, -0.15) is 0 Å². The molecule has 3 aromatic rings. The summed E-state index contributed by atoms with van der Waals surface area (Å²) in [5.41, 5.74) is 3.03. The molecule has 1 saturated carbocycles. The van der Waals surface area contributed by atoms with Crippen molar-refractivity contribution in [2.75, 3.05) is 0 Å². The Morgan fingerprint density at radius 2 is 1.04 bits per heavy atom. The Kier molecular flexibility index (Phi) is 14.4. The molecule has 0 N–H and O–H groups in total. The van der Waals surface area contributed by atoms with Gasteiger partial charge in [-0.25, -0.2) is 17.6 Å². The van der Waals surface area contributed by atoms with Gasteiger partial charge in [-0.1, -0.05) is 152 Å². The van der Waals surface area contributed by atoms with Gasteiger partial charge in [0.15, 0.2) is 23.3 Å². The zero-order chi connectivity index (χ0) is 34.6. The third-order valence-electron chi connectivity index (χ3n) is 11.6. The van der Waals surface area contributed by atoms with Gasteiger partial charge in [-0.15, -0.1) is 0 Å². The van der Waals surface area contributed by atoms with E-state index in [2.05, 4.69) is 19.9 Å². The molecule has 0 amide bonds. The fourth-order valence-corrected chi connectivity index (χ4v) is 8.46. The van der Waals surface area contributed by atoms with Crippen LogP contribution in [-0.2, 0) is 6.42 Å². The van der Waals surface area contributed by atoms with Crippen LogP contribution in [0.1, 0.15) is 147 Å². The van der Waals surface area contributed by atoms with Gasteiger partial charge in [0.25, 0.3) is 0 Å². The predicted molar refractivity (Wildman–Crippen MR) is 198 cm³/mol. The van der Waals surface area contributed by atoms with Crippen molar-refractivity contribution in [3.05, 3.63) is 89.0 Å². The van der Waals surface area contributed by atoms with Crippen LogP contribution < -0.4 is 0 Å². The van der Waals surface area contributed by atoms with Gasteiger partial charge in [0.05, 0.1) is 0 Å². The maximum atomic E-state index is 15.5. The summed E-state index contributed by atoms with van der Waals surface area (Å²) in [5, 5.41) is 0. The second-order valence-electron chi connectivity index (χ2n) is 15.0. The molecule has 266 valence electrons. The largest absolute Gasteiger partial charge is 0.203 e. The third-order valence-corrected chi connectivity index (χ3v) is 11.6. The molecule has 0 aliphatic heterocycles. The van der Waals surface area contributed by atoms with Crippen molar-refractivity contribution in [1.82, 2.24) is 0 Å². The fraction of sp³-hybridized carbons (Fsp3) is 0.556. The van der Waals surface area contributed by atoms with E-state index < -0.39 is 23.3 Å². The molecule has 1 atom stereocenters. The number of aryl methyl sites for hydroxylation is 1. The van der Waals surface area contributed by atoms with E-state index in [1.165, 1.54) is 83.5 Å². The van der Waals surface area contributed by atoms with Crippen LogP contribution in [0.25, 0.3) is 27.8 Å². The zero-order valence-electron chi connectivity index (χ0n) is 30.1. The number of rotatable bonds is 17. The monoisotopic (exact) mass is 674 g/mol. The maximum absolute atomic E-state index is 15.5. The summed E-state index contributed by atoms with van der Waals surface area (Å²) in [6, 6.07) is 13.3. The molecule has 2 aliphatic carbocycles. The molecule has 0 radical (unpaired) electrons. The van der Waals surface area contributed by atoms with E-state index >= 15 is 17.6 Å². The Labute approximate surface area is 293 Å². The first kappa shape index (κ1) is 37.4. The van der Waals surface area contributed by atoms with Crippen LogP contribution in [0.15, 0.2) is 54.6 Å². The molecule has 1 fully saturated rings. The molecule has 3 aromatic carbocycles. The highest BCUT2D eigenvalue weighted by Crippen LogP contribution is 2.43. The normalized spacial score (nSPS) is 19.6. The Morgan fingerprint density at radius 3 is 1.65 bits per heavy atom. The lowest BCUT2D eigenvalue weighted by atomic mass is 9.70. The average molecular weight is 675 g/mol. The minimum Gasteiger partial charge on any atom is -0.203 e. The van der Waals surface area contributed by atoms with Crippen molar-refractivity contribution in [1.29, 1.82) is 0 Å². The lowest BCUT2D eigenvalue weighted by molar-refractivity contribution is 0.187. The van der Waals surface area contributed by atoms with Crippen LogP contribution in [0.2, 0.25) is 0 Å². The van der Waals surface area contributed by atoms with E-state index in [1.54, 1.807) is 48.5 Å². The van der Waals surface area contributed by atoms with Crippen LogP contribution in [0.3, 0.4) is 0 Å². The van der Waals surface area contributed by atoms with E-state index in [0.29, 0.717) is 34.6 Å². The molecular formula is C45H58F4. The number of benzene rings is 3. The molecule has 0 bridgehead atoms. The fourth-order valence-electron chi connectivity index (χ4n) is 8.46. The molecule has 0 aromatic heterocycles. The van der Waals surface area contributed by atoms with Gasteiger partial charge < -0.3 is 0 Å². The highest BCUT2D eigenvalue weighted by atomic mass is 19.2. The number of allylic oxidation sites excluding steroid dienone is 2. The van der Waals surface area contributed by atoms with Crippen molar-refractivity contribution in [3.8, 4) is 22.3 Å². The Bertz CT molecular complexity index is 1500. The van der Waals surface area contributed by atoms with Crippen LogP contribution in [-0.4, -0.2) is 0 Å². The zero-order valence-corrected chi connectivity index (χ0v) is 30.1. The Morgan fingerprint density at radius 1 is 0.510 bits per heavy atom. The quantitative estimate of drug-likeness (QED) is 0.0987. The van der Waals surface area contributed by atoms with Gasteiger partial charge in [-0.05, 0) is 85.0 Å². The first-order valence-electron chi connectivity index (χ1n) is 19.7. The topological polar surface area (TPSA) is 0 Å². The second-order valence-corrected chi connectivity index (χ2v) is 15.0. The smallest absolute Gasteiger partial charge is 0.167 e. The Hall–Kier alpha value is -2.88. The molecule has 2 aliphatic rings. The summed E-state index contributed by atoms with van der Waals surface area (Å²) in [6.07, 6.45) is 25.4. The van der Waals surface area contributed by atoms with Crippen LogP contribution in [0.4, 0.5) is 17.6 Å². The Balaban J connectivity index is 1.16. The van der Waals surface area contributed by atoms with Gasteiger partial charge in [-0.3, -0.25) is 0 Å². The summed E-state index contributed by atoms with van der Waals surface area (Å²) in [4.78, 5) is 0. The summed E-state index contributed by atoms with van der Waals surface area (Å²) < 4.78 is 61.2. The van der Waals surface area contributed by atoms with Gasteiger partial charge in [0.2, 0.25) is 0 Å². The van der Waals surface area contributed by atoms with E-state index in [1.807, 2.05) is 0 Å². The molecular weight excluding hydrogens is 616 g/mol. The molecule has 49 heavy (non-hydrogen) atoms. The van der Waals surface area contributed by atoms with Crippen LogP contribution in [0.5, 0.6) is 0 Å². The lowest BCUT2D eigenvalue weighted by Gasteiger charge is -2.35. The van der Waals surface area contributed by atoms with E-state index in [4.69, 9.17) is 0 Å². The minimum atomic E-state index is -0.864. The van der Waals surface area contributed by atoms with Gasteiger partial charge >= 0.3 is 0 Å². The SMILES string of the molecule is CCCCCCCCCCc1ccc(-c2ccc(-c3ccc(C4=CCC(C5CCC(CCCCC)CC5)CC4)c(F)c3F)cc2)c(F)c1F. The van der Waals surface area contributed by atoms with Crippen molar-refractivity contribution in [2.24, 2.45) is 17.8 Å². The number of hydrogen-bond donors (Lipinski definition) is 0. The van der Waals surface area contributed by atoms with E-state index in [0.717, 1.165) is 55.9 Å². The number of hydrogen-bond acceptors (Lipinski definition) is 0. The van der Waals surface area contributed by atoms with E-state index in [9.17, 15) is 0 Å². The standard InChI is InChI=1S/C45H58F4/c1-3-5-7-8-9-10-11-13-15-38-28-29-39(43(47)42(38)46)36-24-26-37(27-25-36)41-31-30-40(44(48)45(41)49)35-22-20-34(21-23-35)33-18-16-32(17-19-33)14-12-6-4-2/h22,24-34H,3-21,23H2,1-2H3. The van der Waals surface area contributed by atoms with Crippen LogP contribution in [0, 0.1) is 41.0 Å². The summed E-state index contributed by atoms with van der Waals surface area (Å²) in [7, 11) is 0. The molecule has 0 heterocycles. The minimum absolute atomic E-state index is 0.171. The third kappa shape index (κ3) is 9.89. The summed E-state index contributed by atoms with van der Waals surface area (Å²) in [6.45, 7) is 4.47. The predicted octanol–water partition coefficient (Wildman–Crippen LogP) is 14.8. The highest BCUT2D eigenvalue weighted by Gasteiger charge is 2.29. The highest BCUT2D eigenvalue weighted by molar-refractivity contribution is 5.74. The van der Waals surface area contributed by atoms with Crippen molar-refractivity contribution in [2.45, 2.75) is 142 Å².